The number of hydrogen-bond acceptors (Lipinski definition) is 9. The number of carbonyl (C=O) groups is 1. The van der Waals surface area contributed by atoms with Gasteiger partial charge in [-0.1, -0.05) is 35.9 Å². The van der Waals surface area contributed by atoms with Gasteiger partial charge in [0.05, 0.1) is 17.1 Å². The highest BCUT2D eigenvalue weighted by Gasteiger charge is 2.47. The largest absolute Gasteiger partial charge is 0.453 e. The van der Waals surface area contributed by atoms with Crippen LogP contribution >= 0.6 is 0 Å². The summed E-state index contributed by atoms with van der Waals surface area (Å²) in [5.41, 5.74) is 1.04. The third-order valence-corrected chi connectivity index (χ3v) is 5.91. The van der Waals surface area contributed by atoms with E-state index in [9.17, 15) is 28.5 Å². The van der Waals surface area contributed by atoms with Gasteiger partial charge in [0.1, 0.15) is 18.3 Å². The Morgan fingerprint density at radius 2 is 1.63 bits per heavy atom. The molecule has 0 amide bonds. The normalized spacial score (nSPS) is 26.9. The van der Waals surface area contributed by atoms with Crippen LogP contribution in [0.3, 0.4) is 0 Å². The number of aryl methyl sites for hydroxylation is 1. The van der Waals surface area contributed by atoms with Gasteiger partial charge in [-0.25, -0.2) is 4.79 Å². The van der Waals surface area contributed by atoms with Gasteiger partial charge >= 0.3 is 5.97 Å². The molecule has 0 radical (unpaired) electrons. The van der Waals surface area contributed by atoms with Crippen molar-refractivity contribution in [1.29, 1.82) is 0 Å². The molecule has 30 heavy (non-hydrogen) atoms. The molecule has 1 aliphatic heterocycles. The van der Waals surface area contributed by atoms with Crippen LogP contribution in [-0.4, -0.2) is 67.0 Å². The average molecular weight is 438 g/mol. The maximum Gasteiger partial charge on any atom is 0.338 e. The standard InChI is InChI=1S/C20H22O9S/c1-12-7-9-14(10-8-12)30(25,26)27-11-15-16(21)18(17(22)20(24)28-15)29-19(23)13-5-3-2-4-6-13/h2-10,15-18,20-22,24H,11H2,1H3/t15-,16+,17-,18+,20+/m1/s1. The molecule has 1 fully saturated rings. The van der Waals surface area contributed by atoms with E-state index in [2.05, 4.69) is 0 Å². The molecule has 3 N–H and O–H groups in total. The first-order valence-corrected chi connectivity index (χ1v) is 10.5. The van der Waals surface area contributed by atoms with Crippen molar-refractivity contribution in [1.82, 2.24) is 0 Å². The number of carbonyl (C=O) groups excluding carboxylic acids is 1. The van der Waals surface area contributed by atoms with Crippen LogP contribution in [0.25, 0.3) is 0 Å². The van der Waals surface area contributed by atoms with Crippen LogP contribution < -0.4 is 0 Å². The highest BCUT2D eigenvalue weighted by atomic mass is 32.2. The van der Waals surface area contributed by atoms with Crippen molar-refractivity contribution in [2.45, 2.75) is 42.5 Å². The summed E-state index contributed by atoms with van der Waals surface area (Å²) in [6.07, 6.45) is -8.14. The van der Waals surface area contributed by atoms with E-state index in [1.54, 1.807) is 37.3 Å². The fourth-order valence-electron chi connectivity index (χ4n) is 2.89. The van der Waals surface area contributed by atoms with Crippen LogP contribution in [0.15, 0.2) is 59.5 Å². The molecule has 162 valence electrons. The van der Waals surface area contributed by atoms with Gasteiger partial charge in [-0.15, -0.1) is 0 Å². The summed E-state index contributed by atoms with van der Waals surface area (Å²) in [6, 6.07) is 13.8. The van der Waals surface area contributed by atoms with Crippen molar-refractivity contribution in [3.63, 3.8) is 0 Å². The molecule has 0 unspecified atom stereocenters. The van der Waals surface area contributed by atoms with E-state index in [1.807, 2.05) is 0 Å². The van der Waals surface area contributed by atoms with Crippen LogP contribution in [0.2, 0.25) is 0 Å². The van der Waals surface area contributed by atoms with Crippen LogP contribution in [0, 0.1) is 6.92 Å². The minimum Gasteiger partial charge on any atom is -0.453 e. The lowest BCUT2D eigenvalue weighted by molar-refractivity contribution is -0.284. The Morgan fingerprint density at radius 1 is 1.00 bits per heavy atom. The Bertz CT molecular complexity index is 960. The van der Waals surface area contributed by atoms with Gasteiger partial charge < -0.3 is 24.8 Å². The van der Waals surface area contributed by atoms with Crippen molar-refractivity contribution in [3.05, 3.63) is 65.7 Å². The minimum absolute atomic E-state index is 0.0916. The summed E-state index contributed by atoms with van der Waals surface area (Å²) in [5.74, 6) is -0.834. The molecular formula is C20H22O9S. The second kappa shape index (κ2) is 9.21. The molecule has 9 nitrogen and oxygen atoms in total. The Labute approximate surface area is 173 Å². The average Bonchev–Trinajstić information content (AvgIpc) is 2.73. The van der Waals surface area contributed by atoms with E-state index in [0.717, 1.165) is 5.56 Å². The lowest BCUT2D eigenvalue weighted by Gasteiger charge is -2.39. The van der Waals surface area contributed by atoms with Crippen molar-refractivity contribution in [2.75, 3.05) is 6.61 Å². The molecule has 3 rings (SSSR count). The monoisotopic (exact) mass is 438 g/mol. The second-order valence-electron chi connectivity index (χ2n) is 6.83. The number of ether oxygens (including phenoxy) is 2. The Morgan fingerprint density at radius 3 is 2.27 bits per heavy atom. The molecule has 1 aliphatic rings. The van der Waals surface area contributed by atoms with Gasteiger partial charge in [0.15, 0.2) is 12.4 Å². The quantitative estimate of drug-likeness (QED) is 0.431. The highest BCUT2D eigenvalue weighted by molar-refractivity contribution is 7.86. The zero-order valence-electron chi connectivity index (χ0n) is 16.0. The molecule has 0 aliphatic carbocycles. The molecule has 5 atom stereocenters. The fraction of sp³-hybridized carbons (Fsp3) is 0.350. The Hall–Kier alpha value is -2.34. The summed E-state index contributed by atoms with van der Waals surface area (Å²) in [7, 11) is -4.16. The van der Waals surface area contributed by atoms with E-state index in [4.69, 9.17) is 13.7 Å². The van der Waals surface area contributed by atoms with E-state index in [-0.39, 0.29) is 10.5 Å². The van der Waals surface area contributed by atoms with Gasteiger partial charge in [0.25, 0.3) is 10.1 Å². The summed E-state index contributed by atoms with van der Waals surface area (Å²) in [5, 5.41) is 30.5. The SMILES string of the molecule is Cc1ccc(S(=O)(=O)OC[C@H]2O[C@H](O)[C@H](O)[C@@H](OC(=O)c3ccccc3)[C@H]2O)cc1. The number of rotatable bonds is 6. The maximum atomic E-state index is 12.3. The summed E-state index contributed by atoms with van der Waals surface area (Å²) in [4.78, 5) is 12.2. The number of aliphatic hydroxyl groups is 3. The third kappa shape index (κ3) is 5.04. The van der Waals surface area contributed by atoms with Gasteiger partial charge in [-0.05, 0) is 31.2 Å². The van der Waals surface area contributed by atoms with E-state index in [0.29, 0.717) is 0 Å². The zero-order valence-corrected chi connectivity index (χ0v) is 16.8. The summed E-state index contributed by atoms with van der Waals surface area (Å²) < 4.78 is 39.8. The van der Waals surface area contributed by atoms with Crippen molar-refractivity contribution in [3.8, 4) is 0 Å². The molecule has 1 saturated heterocycles. The molecule has 1 heterocycles. The van der Waals surface area contributed by atoms with Gasteiger partial charge in [-0.3, -0.25) is 4.18 Å². The van der Waals surface area contributed by atoms with Crippen LogP contribution in [0.5, 0.6) is 0 Å². The molecular weight excluding hydrogens is 416 g/mol. The highest BCUT2D eigenvalue weighted by Crippen LogP contribution is 2.25. The van der Waals surface area contributed by atoms with Gasteiger partial charge in [-0.2, -0.15) is 8.42 Å². The Balaban J connectivity index is 1.69. The van der Waals surface area contributed by atoms with Crippen LogP contribution in [-0.2, 0) is 23.8 Å². The topological polar surface area (TPSA) is 140 Å². The predicted molar refractivity (Wildman–Crippen MR) is 103 cm³/mol. The number of aliphatic hydroxyl groups excluding tert-OH is 3. The van der Waals surface area contributed by atoms with Crippen LogP contribution in [0.4, 0.5) is 0 Å². The molecule has 2 aromatic carbocycles. The lowest BCUT2D eigenvalue weighted by atomic mass is 9.99. The smallest absolute Gasteiger partial charge is 0.338 e. The first kappa shape index (κ1) is 22.3. The van der Waals surface area contributed by atoms with E-state index >= 15 is 0 Å². The molecule has 0 spiro atoms. The summed E-state index contributed by atoms with van der Waals surface area (Å²) in [6.45, 7) is 1.13. The fourth-order valence-corrected chi connectivity index (χ4v) is 3.81. The third-order valence-electron chi connectivity index (χ3n) is 4.61. The zero-order chi connectivity index (χ0) is 21.9. The maximum absolute atomic E-state index is 12.3. The first-order chi connectivity index (χ1) is 14.2. The number of hydrogen-bond donors (Lipinski definition) is 3. The van der Waals surface area contributed by atoms with Gasteiger partial charge in [0, 0.05) is 0 Å². The Kier molecular flexibility index (Phi) is 6.86. The first-order valence-electron chi connectivity index (χ1n) is 9.11. The predicted octanol–water partition coefficient (Wildman–Crippen LogP) is 0.365. The number of benzene rings is 2. The molecule has 0 bridgehead atoms. The van der Waals surface area contributed by atoms with Crippen LogP contribution in [0.1, 0.15) is 15.9 Å². The molecule has 0 saturated carbocycles. The number of esters is 1. The molecule has 10 heteroatoms. The van der Waals surface area contributed by atoms with Crippen molar-refractivity contribution in [2.24, 2.45) is 0 Å². The van der Waals surface area contributed by atoms with Crippen molar-refractivity contribution >= 4 is 16.1 Å². The molecule has 2 aromatic rings. The minimum atomic E-state index is -4.16. The molecule has 0 aromatic heterocycles. The second-order valence-corrected chi connectivity index (χ2v) is 8.45. The van der Waals surface area contributed by atoms with E-state index < -0.39 is 53.4 Å². The van der Waals surface area contributed by atoms with E-state index in [1.165, 1.54) is 24.3 Å². The van der Waals surface area contributed by atoms with Crippen molar-refractivity contribution < 1.29 is 42.2 Å². The summed E-state index contributed by atoms with van der Waals surface area (Å²) >= 11 is 0. The van der Waals surface area contributed by atoms with Gasteiger partial charge in [0.2, 0.25) is 0 Å². The lowest BCUT2D eigenvalue weighted by Crippen LogP contribution is -2.60.